The molecule has 0 amide bonds. The minimum Gasteiger partial charge on any atom is -0.481 e. The highest BCUT2D eigenvalue weighted by Crippen LogP contribution is 2.35. The maximum absolute atomic E-state index is 9.00. The normalized spacial score (nSPS) is 24.1. The monoisotopic (exact) mass is 187 g/mol. The van der Waals surface area contributed by atoms with Crippen LogP contribution in [0.4, 0.5) is 0 Å². The van der Waals surface area contributed by atoms with E-state index >= 15 is 0 Å². The quantitative estimate of drug-likeness (QED) is 0.579. The fourth-order valence-corrected chi connectivity index (χ4v) is 1.64. The van der Waals surface area contributed by atoms with Gasteiger partial charge in [0.2, 0.25) is 0 Å². The molecule has 0 atom stereocenters. The van der Waals surface area contributed by atoms with E-state index in [1.807, 2.05) is 0 Å². The predicted octanol–water partition coefficient (Wildman–Crippen LogP) is 0.477. The van der Waals surface area contributed by atoms with E-state index in [0.29, 0.717) is 5.41 Å². The van der Waals surface area contributed by atoms with E-state index in [2.05, 4.69) is 5.32 Å². The lowest BCUT2D eigenvalue weighted by atomic mass is 9.77. The van der Waals surface area contributed by atoms with E-state index in [-0.39, 0.29) is 0 Å². The van der Waals surface area contributed by atoms with Gasteiger partial charge in [0.05, 0.1) is 13.2 Å². The number of hydrogen-bond acceptors (Lipinski definition) is 3. The summed E-state index contributed by atoms with van der Waals surface area (Å²) < 4.78 is 5.19. The van der Waals surface area contributed by atoms with Crippen molar-refractivity contribution in [1.82, 2.24) is 5.32 Å². The van der Waals surface area contributed by atoms with Gasteiger partial charge >= 0.3 is 0 Å². The second kappa shape index (κ2) is 4.58. The van der Waals surface area contributed by atoms with Crippen LogP contribution in [0.15, 0.2) is 0 Å². The van der Waals surface area contributed by atoms with Gasteiger partial charge in [0.1, 0.15) is 0 Å². The third kappa shape index (κ3) is 3.32. The molecular formula is C9H17NO3. The van der Waals surface area contributed by atoms with E-state index in [1.165, 1.54) is 25.9 Å². The van der Waals surface area contributed by atoms with Gasteiger partial charge in [-0.05, 0) is 25.9 Å². The zero-order valence-electron chi connectivity index (χ0n) is 8.01. The van der Waals surface area contributed by atoms with Gasteiger partial charge in [-0.2, -0.15) is 0 Å². The summed E-state index contributed by atoms with van der Waals surface area (Å²) in [6.45, 7) is 5.52. The Morgan fingerprint density at radius 2 is 1.85 bits per heavy atom. The second-order valence-corrected chi connectivity index (χ2v) is 3.76. The van der Waals surface area contributed by atoms with E-state index < -0.39 is 5.97 Å². The van der Waals surface area contributed by atoms with Crippen LogP contribution in [0.25, 0.3) is 0 Å². The number of rotatable bonds is 0. The Kier molecular flexibility index (Phi) is 3.69. The van der Waals surface area contributed by atoms with Gasteiger partial charge in [-0.3, -0.25) is 4.79 Å². The Morgan fingerprint density at radius 3 is 2.08 bits per heavy atom. The van der Waals surface area contributed by atoms with E-state index in [1.54, 1.807) is 0 Å². The molecule has 76 valence electrons. The highest BCUT2D eigenvalue weighted by molar-refractivity contribution is 5.62. The summed E-state index contributed by atoms with van der Waals surface area (Å²) >= 11 is 0. The molecule has 0 aromatic heterocycles. The number of carbonyl (C=O) groups is 1. The van der Waals surface area contributed by atoms with E-state index in [9.17, 15) is 0 Å². The molecule has 0 bridgehead atoms. The van der Waals surface area contributed by atoms with Crippen LogP contribution in [0.5, 0.6) is 0 Å². The molecule has 13 heavy (non-hydrogen) atoms. The number of piperidine rings is 1. The van der Waals surface area contributed by atoms with Crippen LogP contribution in [0, 0.1) is 5.41 Å². The van der Waals surface area contributed by atoms with Gasteiger partial charge in [0, 0.05) is 12.3 Å². The molecule has 2 N–H and O–H groups in total. The molecule has 2 saturated heterocycles. The minimum absolute atomic E-state index is 0.616. The molecule has 2 heterocycles. The number of hydrogen-bond donors (Lipinski definition) is 2. The lowest BCUT2D eigenvalue weighted by Gasteiger charge is -2.44. The van der Waals surface area contributed by atoms with Crippen LogP contribution in [-0.4, -0.2) is 37.4 Å². The number of carboxylic acids is 1. The maximum atomic E-state index is 9.00. The first kappa shape index (κ1) is 10.5. The molecule has 0 aliphatic carbocycles. The average Bonchev–Trinajstić information content (AvgIpc) is 2.02. The zero-order valence-corrected chi connectivity index (χ0v) is 8.01. The summed E-state index contributed by atoms with van der Waals surface area (Å²) in [6.07, 6.45) is 2.65. The fraction of sp³-hybridized carbons (Fsp3) is 0.889. The molecule has 2 fully saturated rings. The largest absolute Gasteiger partial charge is 0.481 e. The molecule has 0 unspecified atom stereocenters. The highest BCUT2D eigenvalue weighted by atomic mass is 16.5. The van der Waals surface area contributed by atoms with Crippen molar-refractivity contribution in [2.24, 2.45) is 5.41 Å². The fourth-order valence-electron chi connectivity index (χ4n) is 1.64. The van der Waals surface area contributed by atoms with Crippen LogP contribution < -0.4 is 5.32 Å². The first-order valence-corrected chi connectivity index (χ1v) is 4.63. The predicted molar refractivity (Wildman–Crippen MR) is 48.7 cm³/mol. The highest BCUT2D eigenvalue weighted by Gasteiger charge is 2.38. The second-order valence-electron chi connectivity index (χ2n) is 3.76. The van der Waals surface area contributed by atoms with Crippen molar-refractivity contribution in [3.8, 4) is 0 Å². The summed E-state index contributed by atoms with van der Waals surface area (Å²) in [4.78, 5) is 9.00. The lowest BCUT2D eigenvalue weighted by molar-refractivity contribution is -0.134. The lowest BCUT2D eigenvalue weighted by Crippen LogP contribution is -2.49. The Labute approximate surface area is 78.3 Å². The number of carboxylic acid groups (broad SMARTS) is 1. The SMILES string of the molecule is C1CC2(CCN1)COC2.CC(=O)O. The Bertz CT molecular complexity index is 166. The molecule has 0 saturated carbocycles. The maximum Gasteiger partial charge on any atom is 0.300 e. The van der Waals surface area contributed by atoms with Crippen molar-refractivity contribution in [3.63, 3.8) is 0 Å². The first-order chi connectivity index (χ1) is 6.15. The standard InChI is InChI=1S/C7H13NO.C2H4O2/c1-3-8-4-2-7(1)5-9-6-7;1-2(3)4/h8H,1-6H2;1H3,(H,3,4). The minimum atomic E-state index is -0.833. The van der Waals surface area contributed by atoms with Crippen LogP contribution >= 0.6 is 0 Å². The van der Waals surface area contributed by atoms with Crippen molar-refractivity contribution in [2.45, 2.75) is 19.8 Å². The zero-order chi connectivity index (χ0) is 9.73. The first-order valence-electron chi connectivity index (χ1n) is 4.63. The molecule has 0 aromatic carbocycles. The van der Waals surface area contributed by atoms with Crippen LogP contribution in [0.3, 0.4) is 0 Å². The molecule has 2 aliphatic rings. The van der Waals surface area contributed by atoms with Crippen LogP contribution in [0.2, 0.25) is 0 Å². The molecule has 2 rings (SSSR count). The van der Waals surface area contributed by atoms with Gasteiger partial charge in [-0.15, -0.1) is 0 Å². The smallest absolute Gasteiger partial charge is 0.300 e. The number of aliphatic carboxylic acids is 1. The molecule has 0 radical (unpaired) electrons. The summed E-state index contributed by atoms with van der Waals surface area (Å²) in [7, 11) is 0. The number of nitrogens with one attached hydrogen (secondary N) is 1. The Balaban J connectivity index is 0.000000184. The summed E-state index contributed by atoms with van der Waals surface area (Å²) in [6, 6.07) is 0. The molecular weight excluding hydrogens is 170 g/mol. The average molecular weight is 187 g/mol. The molecule has 2 aliphatic heterocycles. The van der Waals surface area contributed by atoms with Crippen molar-refractivity contribution in [3.05, 3.63) is 0 Å². The van der Waals surface area contributed by atoms with Crippen molar-refractivity contribution in [2.75, 3.05) is 26.3 Å². The summed E-state index contributed by atoms with van der Waals surface area (Å²) in [5, 5.41) is 10.8. The van der Waals surface area contributed by atoms with Crippen LogP contribution in [0.1, 0.15) is 19.8 Å². The van der Waals surface area contributed by atoms with E-state index in [4.69, 9.17) is 14.6 Å². The molecule has 4 nitrogen and oxygen atoms in total. The van der Waals surface area contributed by atoms with Gasteiger partial charge in [-0.25, -0.2) is 0 Å². The number of ether oxygens (including phenoxy) is 1. The molecule has 0 aromatic rings. The molecule has 4 heteroatoms. The topological polar surface area (TPSA) is 58.6 Å². The molecule has 1 spiro atoms. The van der Waals surface area contributed by atoms with Gasteiger partial charge in [0.15, 0.2) is 0 Å². The van der Waals surface area contributed by atoms with Gasteiger partial charge in [0.25, 0.3) is 5.97 Å². The third-order valence-electron chi connectivity index (χ3n) is 2.48. The van der Waals surface area contributed by atoms with Crippen molar-refractivity contribution in [1.29, 1.82) is 0 Å². The summed E-state index contributed by atoms with van der Waals surface area (Å²) in [5.41, 5.74) is 0.616. The Morgan fingerprint density at radius 1 is 1.38 bits per heavy atom. The van der Waals surface area contributed by atoms with Gasteiger partial charge < -0.3 is 15.2 Å². The van der Waals surface area contributed by atoms with E-state index in [0.717, 1.165) is 20.1 Å². The summed E-state index contributed by atoms with van der Waals surface area (Å²) in [5.74, 6) is -0.833. The van der Waals surface area contributed by atoms with Crippen molar-refractivity contribution >= 4 is 5.97 Å². The Hall–Kier alpha value is -0.610. The third-order valence-corrected chi connectivity index (χ3v) is 2.48. The van der Waals surface area contributed by atoms with Gasteiger partial charge in [-0.1, -0.05) is 0 Å². The van der Waals surface area contributed by atoms with Crippen molar-refractivity contribution < 1.29 is 14.6 Å². The van der Waals surface area contributed by atoms with Crippen LogP contribution in [-0.2, 0) is 9.53 Å².